The van der Waals surface area contributed by atoms with E-state index in [-0.39, 0.29) is 0 Å². The van der Waals surface area contributed by atoms with Crippen LogP contribution in [0.5, 0.6) is 0 Å². The van der Waals surface area contributed by atoms with Crippen LogP contribution in [0.3, 0.4) is 0 Å². The molecule has 1 N–H and O–H groups in total. The molecule has 6 heteroatoms. The van der Waals surface area contributed by atoms with Crippen molar-refractivity contribution in [2.45, 2.75) is 31.7 Å². The Labute approximate surface area is 128 Å². The first-order valence-corrected chi connectivity index (χ1v) is 8.36. The zero-order valence-corrected chi connectivity index (χ0v) is 12.5. The van der Waals surface area contributed by atoms with E-state index in [0.717, 1.165) is 42.7 Å². The third kappa shape index (κ3) is 2.70. The summed E-state index contributed by atoms with van der Waals surface area (Å²) < 4.78 is 0. The molecule has 1 unspecified atom stereocenters. The molecule has 0 bridgehead atoms. The van der Waals surface area contributed by atoms with E-state index in [1.165, 1.54) is 0 Å². The Morgan fingerprint density at radius 3 is 3.05 bits per heavy atom. The van der Waals surface area contributed by atoms with Gasteiger partial charge in [0.05, 0.1) is 5.56 Å². The van der Waals surface area contributed by atoms with Crippen molar-refractivity contribution < 1.29 is 9.90 Å². The molecule has 2 aliphatic rings. The maximum atomic E-state index is 11.5. The van der Waals surface area contributed by atoms with Crippen LogP contribution in [0, 0.1) is 11.3 Å². The summed E-state index contributed by atoms with van der Waals surface area (Å²) >= 11 is 1.64. The molecule has 0 spiro atoms. The molecule has 2 heterocycles. The van der Waals surface area contributed by atoms with Gasteiger partial charge in [-0.05, 0) is 37.3 Å². The second-order valence-corrected chi connectivity index (χ2v) is 6.56. The predicted molar refractivity (Wildman–Crippen MR) is 81.7 cm³/mol. The molecular formula is C15H17N3O2S. The molecule has 1 atom stereocenters. The Morgan fingerprint density at radius 2 is 2.29 bits per heavy atom. The monoisotopic (exact) mass is 303 g/mol. The molecule has 0 aromatic carbocycles. The maximum absolute atomic E-state index is 11.5. The Morgan fingerprint density at radius 1 is 1.48 bits per heavy atom. The number of aliphatic carboxylic acids is 1. The number of carboxylic acid groups (broad SMARTS) is 1. The van der Waals surface area contributed by atoms with Crippen LogP contribution in [0.2, 0.25) is 0 Å². The standard InChI is InChI=1S/C15H17N3O2S/c16-8-11-7-10-3-1-2-4-12(10)17-14(11)18-5-6-21-9-13(18)15(19)20/h7,13H,1-6,9H2,(H,19,20). The first-order valence-electron chi connectivity index (χ1n) is 7.21. The molecule has 1 saturated heterocycles. The molecule has 0 radical (unpaired) electrons. The number of rotatable bonds is 2. The van der Waals surface area contributed by atoms with Gasteiger partial charge in [0, 0.05) is 23.7 Å². The molecule has 0 amide bonds. The number of hydrogen-bond acceptors (Lipinski definition) is 5. The highest BCUT2D eigenvalue weighted by Crippen LogP contribution is 2.30. The highest BCUT2D eigenvalue weighted by molar-refractivity contribution is 7.99. The van der Waals surface area contributed by atoms with E-state index in [9.17, 15) is 15.2 Å². The number of anilines is 1. The van der Waals surface area contributed by atoms with Gasteiger partial charge >= 0.3 is 5.97 Å². The van der Waals surface area contributed by atoms with Crippen molar-refractivity contribution in [3.8, 4) is 6.07 Å². The third-order valence-corrected chi connectivity index (χ3v) is 5.11. The number of nitriles is 1. The highest BCUT2D eigenvalue weighted by Gasteiger charge is 2.32. The van der Waals surface area contributed by atoms with Gasteiger partial charge in [-0.15, -0.1) is 0 Å². The largest absolute Gasteiger partial charge is 0.480 e. The molecule has 1 aliphatic carbocycles. The van der Waals surface area contributed by atoms with Gasteiger partial charge in [-0.3, -0.25) is 0 Å². The molecule has 5 nitrogen and oxygen atoms in total. The molecule has 1 aromatic rings. The molecule has 1 fully saturated rings. The van der Waals surface area contributed by atoms with Gasteiger partial charge < -0.3 is 10.0 Å². The van der Waals surface area contributed by atoms with Crippen LogP contribution in [0.25, 0.3) is 0 Å². The zero-order chi connectivity index (χ0) is 14.8. The second-order valence-electron chi connectivity index (χ2n) is 5.41. The average Bonchev–Trinajstić information content (AvgIpc) is 2.53. The summed E-state index contributed by atoms with van der Waals surface area (Å²) in [7, 11) is 0. The van der Waals surface area contributed by atoms with E-state index in [1.807, 2.05) is 6.07 Å². The number of fused-ring (bicyclic) bond motifs is 1. The van der Waals surface area contributed by atoms with Crippen molar-refractivity contribution in [3.63, 3.8) is 0 Å². The van der Waals surface area contributed by atoms with Crippen molar-refractivity contribution in [2.24, 2.45) is 0 Å². The van der Waals surface area contributed by atoms with E-state index >= 15 is 0 Å². The number of pyridine rings is 1. The van der Waals surface area contributed by atoms with Crippen molar-refractivity contribution in [3.05, 3.63) is 22.9 Å². The first-order chi connectivity index (χ1) is 10.2. The number of aryl methyl sites for hydroxylation is 2. The van der Waals surface area contributed by atoms with Crippen LogP contribution in [0.15, 0.2) is 6.07 Å². The number of hydrogen-bond donors (Lipinski definition) is 1. The van der Waals surface area contributed by atoms with Gasteiger partial charge in [0.1, 0.15) is 17.9 Å². The normalized spacial score (nSPS) is 21.5. The quantitative estimate of drug-likeness (QED) is 0.898. The van der Waals surface area contributed by atoms with E-state index in [0.29, 0.717) is 23.7 Å². The van der Waals surface area contributed by atoms with Crippen LogP contribution in [-0.4, -0.2) is 40.2 Å². The van der Waals surface area contributed by atoms with Crippen LogP contribution in [-0.2, 0) is 17.6 Å². The number of aromatic nitrogens is 1. The van der Waals surface area contributed by atoms with E-state index < -0.39 is 12.0 Å². The van der Waals surface area contributed by atoms with Crippen molar-refractivity contribution >= 4 is 23.5 Å². The van der Waals surface area contributed by atoms with Gasteiger partial charge in [0.15, 0.2) is 0 Å². The highest BCUT2D eigenvalue weighted by atomic mass is 32.2. The fraction of sp³-hybridized carbons (Fsp3) is 0.533. The first kappa shape index (κ1) is 14.2. The fourth-order valence-corrected chi connectivity index (χ4v) is 4.02. The summed E-state index contributed by atoms with van der Waals surface area (Å²) in [4.78, 5) is 17.9. The van der Waals surface area contributed by atoms with Gasteiger partial charge in [-0.25, -0.2) is 9.78 Å². The predicted octanol–water partition coefficient (Wildman–Crippen LogP) is 1.84. The Balaban J connectivity index is 2.03. The number of carboxylic acids is 1. The lowest BCUT2D eigenvalue weighted by molar-refractivity contribution is -0.138. The van der Waals surface area contributed by atoms with Crippen molar-refractivity contribution in [1.82, 2.24) is 4.98 Å². The van der Waals surface area contributed by atoms with E-state index in [4.69, 9.17) is 0 Å². The lowest BCUT2D eigenvalue weighted by Crippen LogP contribution is -2.48. The van der Waals surface area contributed by atoms with Gasteiger partial charge in [0.25, 0.3) is 0 Å². The van der Waals surface area contributed by atoms with Crippen LogP contribution in [0.4, 0.5) is 5.82 Å². The third-order valence-electron chi connectivity index (χ3n) is 4.09. The molecule has 0 saturated carbocycles. The Hall–Kier alpha value is -1.74. The summed E-state index contributed by atoms with van der Waals surface area (Å²) in [6.07, 6.45) is 4.14. The molecule has 3 rings (SSSR count). The second kappa shape index (κ2) is 5.94. The molecule has 1 aromatic heterocycles. The summed E-state index contributed by atoms with van der Waals surface area (Å²) in [6.45, 7) is 0.627. The zero-order valence-electron chi connectivity index (χ0n) is 11.7. The Bertz CT molecular complexity index is 612. The summed E-state index contributed by atoms with van der Waals surface area (Å²) in [5.41, 5.74) is 2.70. The van der Waals surface area contributed by atoms with Crippen LogP contribution >= 0.6 is 11.8 Å². The topological polar surface area (TPSA) is 77.2 Å². The van der Waals surface area contributed by atoms with Crippen molar-refractivity contribution in [1.29, 1.82) is 5.26 Å². The Kier molecular flexibility index (Phi) is 4.02. The molecule has 110 valence electrons. The van der Waals surface area contributed by atoms with Crippen LogP contribution in [0.1, 0.15) is 29.7 Å². The number of thioether (sulfide) groups is 1. The minimum Gasteiger partial charge on any atom is -0.480 e. The minimum atomic E-state index is -0.842. The smallest absolute Gasteiger partial charge is 0.327 e. The molecule has 21 heavy (non-hydrogen) atoms. The SMILES string of the molecule is N#Cc1cc2c(nc1N1CCSCC1C(=O)O)CCCC2. The van der Waals surface area contributed by atoms with Crippen LogP contribution < -0.4 is 4.90 Å². The minimum absolute atomic E-state index is 0.508. The van der Waals surface area contributed by atoms with Gasteiger partial charge in [-0.2, -0.15) is 17.0 Å². The molecular weight excluding hydrogens is 286 g/mol. The summed E-state index contributed by atoms with van der Waals surface area (Å²) in [5, 5.41) is 18.8. The fourth-order valence-electron chi connectivity index (χ4n) is 2.99. The van der Waals surface area contributed by atoms with Crippen molar-refractivity contribution in [2.75, 3.05) is 23.0 Å². The maximum Gasteiger partial charge on any atom is 0.327 e. The van der Waals surface area contributed by atoms with E-state index in [2.05, 4.69) is 11.1 Å². The summed E-state index contributed by atoms with van der Waals surface area (Å²) in [5.74, 6) is 1.13. The van der Waals surface area contributed by atoms with Gasteiger partial charge in [0.2, 0.25) is 0 Å². The van der Waals surface area contributed by atoms with E-state index in [1.54, 1.807) is 16.7 Å². The number of nitrogens with zero attached hydrogens (tertiary/aromatic N) is 3. The average molecular weight is 303 g/mol. The number of carbonyl (C=O) groups is 1. The lowest BCUT2D eigenvalue weighted by atomic mass is 9.94. The summed E-state index contributed by atoms with van der Waals surface area (Å²) in [6, 6.07) is 3.52. The van der Waals surface area contributed by atoms with Gasteiger partial charge in [-0.1, -0.05) is 0 Å². The molecule has 1 aliphatic heterocycles. The lowest BCUT2D eigenvalue weighted by Gasteiger charge is -2.34.